The summed E-state index contributed by atoms with van der Waals surface area (Å²) in [5.74, 6) is -1.83. The van der Waals surface area contributed by atoms with E-state index in [2.05, 4.69) is 11.4 Å². The molecule has 0 radical (unpaired) electrons. The van der Waals surface area contributed by atoms with E-state index in [1.54, 1.807) is 24.3 Å². The number of ether oxygens (including phenoxy) is 1. The van der Waals surface area contributed by atoms with Crippen LogP contribution >= 0.6 is 0 Å². The third-order valence-electron chi connectivity index (χ3n) is 5.60. The summed E-state index contributed by atoms with van der Waals surface area (Å²) in [5, 5.41) is 12.2. The van der Waals surface area contributed by atoms with Gasteiger partial charge in [0.15, 0.2) is 6.10 Å². The minimum atomic E-state index is -1.02. The molecule has 1 aromatic rings. The van der Waals surface area contributed by atoms with E-state index in [4.69, 9.17) is 4.74 Å². The first-order chi connectivity index (χ1) is 14.4. The van der Waals surface area contributed by atoms with Crippen molar-refractivity contribution in [2.75, 3.05) is 6.54 Å². The van der Waals surface area contributed by atoms with Crippen molar-refractivity contribution in [3.63, 3.8) is 0 Å². The number of esters is 1. The van der Waals surface area contributed by atoms with Gasteiger partial charge in [-0.05, 0) is 38.3 Å². The number of nitriles is 1. The van der Waals surface area contributed by atoms with Gasteiger partial charge in [0.1, 0.15) is 5.54 Å². The van der Waals surface area contributed by atoms with Crippen LogP contribution in [0.15, 0.2) is 24.3 Å². The van der Waals surface area contributed by atoms with Gasteiger partial charge in [0.2, 0.25) is 0 Å². The Hall–Kier alpha value is -3.21. The molecule has 1 atom stereocenters. The standard InChI is InChI=1S/C22H25N3O5/c1-15(19(27)24-22(14-23)11-5-2-6-12-22)30-18(26)10-7-13-25-20(28)16-8-3-4-9-17(16)21(25)29/h3-4,8-9,15H,2,5-7,10-13H2,1H3,(H,24,27)/t15-/m0/s1. The zero-order valence-corrected chi connectivity index (χ0v) is 17.0. The van der Waals surface area contributed by atoms with E-state index in [-0.39, 0.29) is 31.2 Å². The number of fused-ring (bicyclic) bond motifs is 1. The third-order valence-corrected chi connectivity index (χ3v) is 5.60. The van der Waals surface area contributed by atoms with Gasteiger partial charge in [-0.1, -0.05) is 31.4 Å². The number of carbonyl (C=O) groups is 4. The average Bonchev–Trinajstić information content (AvgIpc) is 2.99. The summed E-state index contributed by atoms with van der Waals surface area (Å²) in [6.45, 7) is 1.56. The molecule has 0 unspecified atom stereocenters. The molecular weight excluding hydrogens is 386 g/mol. The Bertz CT molecular complexity index is 863. The predicted molar refractivity (Wildman–Crippen MR) is 106 cm³/mol. The van der Waals surface area contributed by atoms with Crippen LogP contribution in [0, 0.1) is 11.3 Å². The smallest absolute Gasteiger partial charge is 0.306 e. The van der Waals surface area contributed by atoms with E-state index in [9.17, 15) is 24.4 Å². The molecule has 8 heteroatoms. The fraction of sp³-hybridized carbons (Fsp3) is 0.500. The summed E-state index contributed by atoms with van der Waals surface area (Å²) in [4.78, 5) is 50.2. The summed E-state index contributed by atoms with van der Waals surface area (Å²) < 4.78 is 5.17. The Morgan fingerprint density at radius 1 is 1.17 bits per heavy atom. The highest BCUT2D eigenvalue weighted by Gasteiger charge is 2.36. The fourth-order valence-electron chi connectivity index (χ4n) is 3.89. The van der Waals surface area contributed by atoms with Crippen LogP contribution in [0.5, 0.6) is 0 Å². The zero-order chi connectivity index (χ0) is 21.7. The Morgan fingerprint density at radius 2 is 1.77 bits per heavy atom. The molecule has 3 amide bonds. The van der Waals surface area contributed by atoms with Crippen molar-refractivity contribution >= 4 is 23.7 Å². The monoisotopic (exact) mass is 411 g/mol. The highest BCUT2D eigenvalue weighted by atomic mass is 16.5. The molecule has 8 nitrogen and oxygen atoms in total. The van der Waals surface area contributed by atoms with Crippen LogP contribution < -0.4 is 5.32 Å². The first-order valence-electron chi connectivity index (χ1n) is 10.2. The Morgan fingerprint density at radius 3 is 2.33 bits per heavy atom. The second-order valence-corrected chi connectivity index (χ2v) is 7.79. The SMILES string of the molecule is C[C@H](OC(=O)CCCN1C(=O)c2ccccc2C1=O)C(=O)NC1(C#N)CCCCC1. The highest BCUT2D eigenvalue weighted by molar-refractivity contribution is 6.21. The Labute approximate surface area is 175 Å². The van der Waals surface area contributed by atoms with E-state index in [0.29, 0.717) is 24.0 Å². The maximum atomic E-state index is 12.4. The fourth-order valence-corrected chi connectivity index (χ4v) is 3.89. The van der Waals surface area contributed by atoms with Crippen LogP contribution in [-0.4, -0.2) is 46.8 Å². The topological polar surface area (TPSA) is 117 Å². The van der Waals surface area contributed by atoms with Crippen molar-refractivity contribution in [2.45, 2.75) is 63.5 Å². The number of benzene rings is 1. The maximum absolute atomic E-state index is 12.4. The van der Waals surface area contributed by atoms with Crippen molar-refractivity contribution in [2.24, 2.45) is 0 Å². The molecule has 1 aliphatic carbocycles. The number of carbonyl (C=O) groups excluding carboxylic acids is 4. The summed E-state index contributed by atoms with van der Waals surface area (Å²) in [7, 11) is 0. The van der Waals surface area contributed by atoms with E-state index >= 15 is 0 Å². The first kappa shape index (κ1) is 21.5. The number of hydrogen-bond acceptors (Lipinski definition) is 6. The van der Waals surface area contributed by atoms with Crippen LogP contribution in [0.1, 0.15) is 72.6 Å². The molecule has 1 heterocycles. The van der Waals surface area contributed by atoms with Gasteiger partial charge >= 0.3 is 5.97 Å². The van der Waals surface area contributed by atoms with Gasteiger partial charge < -0.3 is 10.1 Å². The maximum Gasteiger partial charge on any atom is 0.306 e. The van der Waals surface area contributed by atoms with Gasteiger partial charge in [-0.3, -0.25) is 24.1 Å². The second-order valence-electron chi connectivity index (χ2n) is 7.79. The van der Waals surface area contributed by atoms with E-state index < -0.39 is 23.5 Å². The lowest BCUT2D eigenvalue weighted by Gasteiger charge is -2.32. The number of nitrogens with one attached hydrogen (secondary N) is 1. The van der Waals surface area contributed by atoms with Crippen LogP contribution in [-0.2, 0) is 14.3 Å². The van der Waals surface area contributed by atoms with Gasteiger partial charge in [-0.25, -0.2) is 0 Å². The molecule has 0 saturated heterocycles. The molecule has 1 N–H and O–H groups in total. The van der Waals surface area contributed by atoms with Crippen molar-refractivity contribution < 1.29 is 23.9 Å². The molecule has 0 bridgehead atoms. The predicted octanol–water partition coefficient (Wildman–Crippen LogP) is 2.34. The number of rotatable bonds is 7. The summed E-state index contributed by atoms with van der Waals surface area (Å²) in [6.07, 6.45) is 3.15. The molecule has 2 aliphatic rings. The molecule has 0 spiro atoms. The van der Waals surface area contributed by atoms with Crippen molar-refractivity contribution in [1.82, 2.24) is 10.2 Å². The highest BCUT2D eigenvalue weighted by Crippen LogP contribution is 2.27. The number of hydrogen-bond donors (Lipinski definition) is 1. The van der Waals surface area contributed by atoms with Crippen molar-refractivity contribution in [3.8, 4) is 6.07 Å². The van der Waals surface area contributed by atoms with E-state index in [1.807, 2.05) is 0 Å². The third kappa shape index (κ3) is 4.51. The molecular formula is C22H25N3O5. The second kappa shape index (κ2) is 9.08. The van der Waals surface area contributed by atoms with E-state index in [1.165, 1.54) is 6.92 Å². The normalized spacial score (nSPS) is 18.3. The summed E-state index contributed by atoms with van der Waals surface area (Å²) >= 11 is 0. The van der Waals surface area contributed by atoms with Crippen LogP contribution in [0.25, 0.3) is 0 Å². The largest absolute Gasteiger partial charge is 0.453 e. The van der Waals surface area contributed by atoms with Gasteiger partial charge in [0.25, 0.3) is 17.7 Å². The van der Waals surface area contributed by atoms with Crippen LogP contribution in [0.4, 0.5) is 0 Å². The van der Waals surface area contributed by atoms with Gasteiger partial charge in [0, 0.05) is 13.0 Å². The molecule has 1 fully saturated rings. The molecule has 1 saturated carbocycles. The summed E-state index contributed by atoms with van der Waals surface area (Å²) in [5.41, 5.74) is -0.157. The lowest BCUT2D eigenvalue weighted by molar-refractivity contribution is -0.155. The van der Waals surface area contributed by atoms with Gasteiger partial charge in [-0.2, -0.15) is 5.26 Å². The van der Waals surface area contributed by atoms with Crippen LogP contribution in [0.3, 0.4) is 0 Å². The Balaban J connectivity index is 1.45. The molecule has 158 valence electrons. The first-order valence-corrected chi connectivity index (χ1v) is 10.2. The Kier molecular flexibility index (Phi) is 6.50. The van der Waals surface area contributed by atoms with Crippen LogP contribution in [0.2, 0.25) is 0 Å². The number of nitrogens with zero attached hydrogens (tertiary/aromatic N) is 2. The minimum Gasteiger partial charge on any atom is -0.453 e. The van der Waals surface area contributed by atoms with Gasteiger partial charge in [-0.15, -0.1) is 0 Å². The van der Waals surface area contributed by atoms with Crippen molar-refractivity contribution in [3.05, 3.63) is 35.4 Å². The number of imide groups is 1. The quantitative estimate of drug-likeness (QED) is 0.544. The molecule has 3 rings (SSSR count). The minimum absolute atomic E-state index is 0.0333. The number of amides is 3. The average molecular weight is 411 g/mol. The zero-order valence-electron chi connectivity index (χ0n) is 17.0. The van der Waals surface area contributed by atoms with Gasteiger partial charge in [0.05, 0.1) is 17.2 Å². The molecule has 1 aromatic carbocycles. The molecule has 0 aromatic heterocycles. The lowest BCUT2D eigenvalue weighted by atomic mass is 9.83. The van der Waals surface area contributed by atoms with E-state index in [0.717, 1.165) is 24.2 Å². The lowest BCUT2D eigenvalue weighted by Crippen LogP contribution is -2.52. The molecule has 1 aliphatic heterocycles. The molecule has 30 heavy (non-hydrogen) atoms. The summed E-state index contributed by atoms with van der Waals surface area (Å²) in [6, 6.07) is 8.79. The van der Waals surface area contributed by atoms with Crippen molar-refractivity contribution in [1.29, 1.82) is 5.26 Å².